The van der Waals surface area contributed by atoms with Gasteiger partial charge in [-0.1, -0.05) is 13.0 Å². The Morgan fingerprint density at radius 1 is 1.10 bits per heavy atom. The number of aliphatic carboxylic acids is 2. The van der Waals surface area contributed by atoms with Gasteiger partial charge in [0, 0.05) is 31.4 Å². The molecule has 0 saturated carbocycles. The summed E-state index contributed by atoms with van der Waals surface area (Å²) in [6.07, 6.45) is -3.03. The molecular formula is C32H37FN6O9. The van der Waals surface area contributed by atoms with E-state index in [-0.39, 0.29) is 17.8 Å². The third kappa shape index (κ3) is 7.46. The number of imidazole rings is 1. The van der Waals surface area contributed by atoms with E-state index >= 15 is 0 Å². The second-order valence-corrected chi connectivity index (χ2v) is 11.7. The number of hydrogen-bond donors (Lipinski definition) is 7. The summed E-state index contributed by atoms with van der Waals surface area (Å²) in [5.41, 5.74) is 5.85. The van der Waals surface area contributed by atoms with Crippen molar-refractivity contribution < 1.29 is 49.0 Å². The number of carboxylic acids is 2. The number of ether oxygens (including phenoxy) is 1. The van der Waals surface area contributed by atoms with Crippen LogP contribution in [-0.2, 0) is 38.5 Å². The first kappa shape index (κ1) is 34.4. The number of benzene rings is 2. The van der Waals surface area contributed by atoms with Gasteiger partial charge in [-0.15, -0.1) is 0 Å². The summed E-state index contributed by atoms with van der Waals surface area (Å²) in [6, 6.07) is 8.68. The monoisotopic (exact) mass is 668 g/mol. The van der Waals surface area contributed by atoms with E-state index < -0.39 is 30.0 Å². The largest absolute Gasteiger partial charge is 0.505 e. The van der Waals surface area contributed by atoms with Gasteiger partial charge in [0.2, 0.25) is 5.91 Å². The molecule has 1 amide bonds. The van der Waals surface area contributed by atoms with Gasteiger partial charge in [-0.2, -0.15) is 5.10 Å². The molecular weight excluding hydrogens is 631 g/mol. The van der Waals surface area contributed by atoms with Gasteiger partial charge in [0.05, 0.1) is 42.7 Å². The fraction of sp³-hybridized carbons (Fsp3) is 0.406. The number of carboxylic acid groups (broad SMARTS) is 2. The zero-order valence-corrected chi connectivity index (χ0v) is 26.3. The number of rotatable bonds is 8. The van der Waals surface area contributed by atoms with Crippen LogP contribution < -0.4 is 0 Å². The number of aromatic amines is 2. The highest BCUT2D eigenvalue weighted by molar-refractivity contribution is 5.94. The number of aryl methyl sites for hydroxylation is 1. The molecule has 0 bridgehead atoms. The number of aliphatic hydroxyl groups is 2. The molecule has 2 aromatic heterocycles. The summed E-state index contributed by atoms with van der Waals surface area (Å²) in [6.45, 7) is 7.76. The molecule has 2 aliphatic heterocycles. The summed E-state index contributed by atoms with van der Waals surface area (Å²) in [5, 5.41) is 50.8. The van der Waals surface area contributed by atoms with E-state index in [1.165, 1.54) is 12.1 Å². The molecule has 4 heterocycles. The zero-order chi connectivity index (χ0) is 34.7. The molecule has 48 heavy (non-hydrogen) atoms. The van der Waals surface area contributed by atoms with Crippen molar-refractivity contribution in [2.24, 2.45) is 0 Å². The number of aliphatic hydroxyl groups excluding tert-OH is 2. The third-order valence-electron chi connectivity index (χ3n) is 8.33. The first-order valence-corrected chi connectivity index (χ1v) is 15.4. The first-order valence-electron chi connectivity index (χ1n) is 15.4. The van der Waals surface area contributed by atoms with Crippen molar-refractivity contribution in [1.82, 2.24) is 30.0 Å². The molecule has 1 saturated heterocycles. The highest BCUT2D eigenvalue weighted by atomic mass is 19.1. The number of phenolic OH excluding ortho intramolecular Hbond substituents is 1. The summed E-state index contributed by atoms with van der Waals surface area (Å²) >= 11 is 0. The second kappa shape index (κ2) is 14.5. The van der Waals surface area contributed by atoms with Gasteiger partial charge < -0.3 is 40.2 Å². The predicted molar refractivity (Wildman–Crippen MR) is 168 cm³/mol. The van der Waals surface area contributed by atoms with Crippen LogP contribution in [0, 0.1) is 5.82 Å². The molecule has 0 radical (unpaired) electrons. The Morgan fingerprint density at radius 2 is 1.83 bits per heavy atom. The van der Waals surface area contributed by atoms with Crippen LogP contribution in [0.2, 0.25) is 0 Å². The lowest BCUT2D eigenvalue weighted by Crippen LogP contribution is -2.48. The van der Waals surface area contributed by atoms with Gasteiger partial charge in [0.25, 0.3) is 0 Å². The topological polar surface area (TPSA) is 225 Å². The summed E-state index contributed by atoms with van der Waals surface area (Å²) in [7, 11) is 0. The van der Waals surface area contributed by atoms with Crippen LogP contribution in [0.5, 0.6) is 5.75 Å². The van der Waals surface area contributed by atoms with Gasteiger partial charge >= 0.3 is 11.9 Å². The molecule has 0 spiro atoms. The third-order valence-corrected chi connectivity index (χ3v) is 8.33. The Balaban J connectivity index is 0.000000393. The first-order chi connectivity index (χ1) is 22.9. The maximum absolute atomic E-state index is 14.1. The quantitative estimate of drug-likeness (QED) is 0.142. The van der Waals surface area contributed by atoms with Gasteiger partial charge in [-0.3, -0.25) is 14.8 Å². The van der Waals surface area contributed by atoms with E-state index in [9.17, 15) is 23.9 Å². The number of aromatic nitrogens is 4. The number of morpholine rings is 1. The molecule has 15 nitrogen and oxygen atoms in total. The highest BCUT2D eigenvalue weighted by Crippen LogP contribution is 2.34. The lowest BCUT2D eigenvalue weighted by Gasteiger charge is -2.33. The number of H-pyrrole nitrogens is 2. The Kier molecular flexibility index (Phi) is 10.4. The Labute approximate surface area is 273 Å². The van der Waals surface area contributed by atoms with Crippen LogP contribution in [0.25, 0.3) is 33.5 Å². The van der Waals surface area contributed by atoms with Crippen molar-refractivity contribution in [3.63, 3.8) is 0 Å². The number of amides is 1. The number of aromatic hydroxyl groups is 1. The van der Waals surface area contributed by atoms with Crippen molar-refractivity contribution in [3.05, 3.63) is 53.1 Å². The Bertz CT molecular complexity index is 1810. The molecule has 256 valence electrons. The van der Waals surface area contributed by atoms with E-state index in [1.807, 2.05) is 36.9 Å². The Morgan fingerprint density at radius 3 is 2.50 bits per heavy atom. The van der Waals surface area contributed by atoms with Crippen LogP contribution in [0.15, 0.2) is 30.3 Å². The molecule has 7 N–H and O–H groups in total. The van der Waals surface area contributed by atoms with E-state index in [4.69, 9.17) is 30.1 Å². The average molecular weight is 669 g/mol. The molecule has 16 heteroatoms. The molecule has 4 aromatic rings. The zero-order valence-electron chi connectivity index (χ0n) is 26.3. The van der Waals surface area contributed by atoms with Crippen molar-refractivity contribution in [2.75, 3.05) is 32.8 Å². The normalized spacial score (nSPS) is 17.7. The van der Waals surface area contributed by atoms with Crippen LogP contribution in [0.4, 0.5) is 4.39 Å². The van der Waals surface area contributed by atoms with Crippen molar-refractivity contribution in [3.8, 4) is 28.4 Å². The van der Waals surface area contributed by atoms with Crippen molar-refractivity contribution >= 4 is 28.7 Å². The van der Waals surface area contributed by atoms with E-state index in [1.54, 1.807) is 0 Å². The summed E-state index contributed by atoms with van der Waals surface area (Å²) < 4.78 is 19.7. The molecule has 0 aliphatic carbocycles. The molecule has 2 aliphatic rings. The van der Waals surface area contributed by atoms with E-state index in [2.05, 4.69) is 20.1 Å². The maximum atomic E-state index is 14.1. The van der Waals surface area contributed by atoms with Crippen LogP contribution in [-0.4, -0.2) is 124 Å². The molecule has 0 unspecified atom stereocenters. The van der Waals surface area contributed by atoms with Crippen molar-refractivity contribution in [1.29, 1.82) is 0 Å². The van der Waals surface area contributed by atoms with Gasteiger partial charge in [-0.25, -0.2) is 19.0 Å². The average Bonchev–Trinajstić information content (AvgIpc) is 3.68. The number of halogens is 1. The van der Waals surface area contributed by atoms with E-state index in [0.29, 0.717) is 50.6 Å². The fourth-order valence-corrected chi connectivity index (χ4v) is 5.75. The van der Waals surface area contributed by atoms with Gasteiger partial charge in [-0.05, 0) is 54.3 Å². The van der Waals surface area contributed by atoms with Crippen LogP contribution in [0.3, 0.4) is 0 Å². The minimum Gasteiger partial charge on any atom is -0.505 e. The molecule has 1 fully saturated rings. The number of fused-ring (bicyclic) bond motifs is 2. The number of nitrogens with zero attached hydrogens (tertiary/aromatic N) is 4. The lowest BCUT2D eigenvalue weighted by atomic mass is 9.96. The summed E-state index contributed by atoms with van der Waals surface area (Å²) in [5.74, 6) is -3.74. The number of phenols is 1. The minimum atomic E-state index is -2.27. The predicted octanol–water partition coefficient (Wildman–Crippen LogP) is 1.51. The fourth-order valence-electron chi connectivity index (χ4n) is 5.75. The highest BCUT2D eigenvalue weighted by Gasteiger charge is 2.30. The van der Waals surface area contributed by atoms with Gasteiger partial charge in [0.15, 0.2) is 29.6 Å². The van der Waals surface area contributed by atoms with E-state index in [0.717, 1.165) is 52.1 Å². The standard InChI is InChI=1S/C28H31FN6O3.C4H6O6/c1-3-17-11-25(36)21(29)12-20(17)18-4-5-19-23(10-18)32-33-27(19)28-30-22-6-7-35(14-24(22)31-28)26(37)15-34-8-9-38-16(2)13-34;5-1(3(7)8)2(6)4(9)10/h4-5,10-12,16,36H,3,6-9,13-15H2,1-2H3,(H,30,31)(H,32,33);1-2,5-6H,(H,7,8)(H,9,10)/t16-;1-,2-/m01/s1. The van der Waals surface area contributed by atoms with Crippen LogP contribution in [0.1, 0.15) is 30.8 Å². The minimum absolute atomic E-state index is 0.121. The maximum Gasteiger partial charge on any atom is 0.335 e. The second-order valence-electron chi connectivity index (χ2n) is 11.7. The number of hydrogen-bond acceptors (Lipinski definition) is 10. The van der Waals surface area contributed by atoms with Crippen molar-refractivity contribution in [2.45, 2.75) is 51.5 Å². The Hall–Kier alpha value is -4.90. The molecule has 2 aromatic carbocycles. The SMILES string of the molecule is CCc1cc(O)c(F)cc1-c1ccc2c(-c3nc4c([nH]3)CN(C(=O)CN3CCO[C@@H](C)C3)CC4)n[nH]c2c1.O=C(O)[C@H](O)[C@@H](O)C(=O)O. The summed E-state index contributed by atoms with van der Waals surface area (Å²) in [4.78, 5) is 44.8. The number of nitrogens with one attached hydrogen (secondary N) is 2. The smallest absolute Gasteiger partial charge is 0.335 e. The molecule has 6 rings (SSSR count). The van der Waals surface area contributed by atoms with Gasteiger partial charge in [0.1, 0.15) is 5.69 Å². The number of carbonyl (C=O) groups is 3. The molecule has 3 atom stereocenters. The van der Waals surface area contributed by atoms with Crippen LogP contribution >= 0.6 is 0 Å². The lowest BCUT2D eigenvalue weighted by molar-refractivity contribution is -0.165. The number of carbonyl (C=O) groups excluding carboxylic acids is 1.